The van der Waals surface area contributed by atoms with Gasteiger partial charge in [0.15, 0.2) is 5.76 Å². The van der Waals surface area contributed by atoms with Gasteiger partial charge in [0.05, 0.1) is 18.4 Å². The van der Waals surface area contributed by atoms with Gasteiger partial charge in [-0.2, -0.15) is 4.31 Å². The van der Waals surface area contributed by atoms with Gasteiger partial charge < -0.3 is 13.7 Å². The normalized spacial score (nSPS) is 24.8. The minimum absolute atomic E-state index is 0.0101. The van der Waals surface area contributed by atoms with Crippen molar-refractivity contribution >= 4 is 10.0 Å². The molecule has 2 aliphatic rings. The highest BCUT2D eigenvalue weighted by Crippen LogP contribution is 2.38. The van der Waals surface area contributed by atoms with Crippen LogP contribution in [0, 0.1) is 5.92 Å². The summed E-state index contributed by atoms with van der Waals surface area (Å²) in [5.74, 6) is 1.25. The fourth-order valence-electron chi connectivity index (χ4n) is 3.41. The molecule has 1 saturated carbocycles. The average Bonchev–Trinajstić information content (AvgIpc) is 3.13. The van der Waals surface area contributed by atoms with E-state index in [0.29, 0.717) is 30.5 Å². The maximum Gasteiger partial charge on any atom is 0.276 e. The number of morpholine rings is 1. The lowest BCUT2D eigenvalue weighted by Crippen LogP contribution is -2.50. The highest BCUT2D eigenvalue weighted by molar-refractivity contribution is 7.89. The molecule has 4 rings (SSSR count). The molecule has 1 aliphatic carbocycles. The van der Waals surface area contributed by atoms with E-state index in [4.69, 9.17) is 13.7 Å². The highest BCUT2D eigenvalue weighted by Gasteiger charge is 2.42. The van der Waals surface area contributed by atoms with Crippen LogP contribution >= 0.6 is 0 Å². The maximum absolute atomic E-state index is 13.1. The van der Waals surface area contributed by atoms with E-state index in [0.717, 1.165) is 32.1 Å². The second kappa shape index (κ2) is 7.17. The minimum atomic E-state index is -3.70. The summed E-state index contributed by atoms with van der Waals surface area (Å²) in [6, 6.07) is 4.71. The number of rotatable bonds is 7. The van der Waals surface area contributed by atoms with Gasteiger partial charge in [0, 0.05) is 19.2 Å². The number of aromatic nitrogens is 1. The Bertz CT molecular complexity index is 826. The van der Waals surface area contributed by atoms with Crippen LogP contribution in [0.25, 0.3) is 11.5 Å². The smallest absolute Gasteiger partial charge is 0.276 e. The second-order valence-electron chi connectivity index (χ2n) is 7.09. The molecule has 0 bridgehead atoms. The van der Waals surface area contributed by atoms with Crippen LogP contribution in [0.2, 0.25) is 0 Å². The topological polar surface area (TPSA) is 85.8 Å². The molecule has 0 unspecified atom stereocenters. The predicted octanol–water partition coefficient (Wildman–Crippen LogP) is 3.29. The van der Waals surface area contributed by atoms with Crippen molar-refractivity contribution in [1.29, 1.82) is 0 Å². The zero-order chi connectivity index (χ0) is 18.1. The number of ether oxygens (including phenoxy) is 1. The number of furan rings is 1. The van der Waals surface area contributed by atoms with Gasteiger partial charge in [0.1, 0.15) is 0 Å². The van der Waals surface area contributed by atoms with Crippen molar-refractivity contribution in [3.05, 3.63) is 24.4 Å². The van der Waals surface area contributed by atoms with Crippen LogP contribution in [0.3, 0.4) is 0 Å². The fourth-order valence-corrected chi connectivity index (χ4v) is 4.81. The monoisotopic (exact) mass is 380 g/mol. The van der Waals surface area contributed by atoms with Crippen molar-refractivity contribution in [3.8, 4) is 11.5 Å². The third-order valence-electron chi connectivity index (χ3n) is 5.04. The van der Waals surface area contributed by atoms with Crippen molar-refractivity contribution in [2.45, 2.75) is 56.3 Å². The van der Waals surface area contributed by atoms with E-state index in [9.17, 15) is 8.42 Å². The van der Waals surface area contributed by atoms with Crippen molar-refractivity contribution in [3.63, 3.8) is 0 Å². The van der Waals surface area contributed by atoms with Gasteiger partial charge in [-0.3, -0.25) is 0 Å². The lowest BCUT2D eigenvalue weighted by atomic mass is 10.1. The Morgan fingerprint density at radius 1 is 1.19 bits per heavy atom. The van der Waals surface area contributed by atoms with Crippen LogP contribution in [0.1, 0.15) is 39.0 Å². The summed E-state index contributed by atoms with van der Waals surface area (Å²) >= 11 is 0. The first-order valence-electron chi connectivity index (χ1n) is 9.24. The molecule has 0 spiro atoms. The molecule has 2 fully saturated rings. The van der Waals surface area contributed by atoms with Gasteiger partial charge in [0.2, 0.25) is 10.9 Å². The molecule has 0 radical (unpaired) electrons. The molecule has 2 aromatic heterocycles. The first kappa shape index (κ1) is 17.8. The Kier molecular flexibility index (Phi) is 4.90. The molecule has 26 heavy (non-hydrogen) atoms. The molecule has 0 amide bonds. The maximum atomic E-state index is 13.1. The third-order valence-corrected chi connectivity index (χ3v) is 6.75. The number of hydrogen-bond donors (Lipinski definition) is 0. The first-order valence-corrected chi connectivity index (χ1v) is 10.7. The zero-order valence-corrected chi connectivity index (χ0v) is 15.7. The van der Waals surface area contributed by atoms with Gasteiger partial charge >= 0.3 is 0 Å². The Morgan fingerprint density at radius 3 is 2.73 bits per heavy atom. The molecule has 3 heterocycles. The molecule has 2 atom stereocenters. The molecule has 0 aromatic carbocycles. The zero-order valence-electron chi connectivity index (χ0n) is 14.8. The lowest BCUT2D eigenvalue weighted by Gasteiger charge is -2.37. The standard InChI is InChI=1S/C18H24N2O5S/c1-2-3-4-14-11-20(12-17(23-14)13-5-6-13)26(21,22)18-8-7-15(24-18)16-9-10-19-25-16/h7-10,13-14,17H,2-6,11-12H2,1H3/t14-,17-/m1/s1. The van der Waals surface area contributed by atoms with E-state index >= 15 is 0 Å². The van der Waals surface area contributed by atoms with Gasteiger partial charge in [-0.25, -0.2) is 8.42 Å². The SMILES string of the molecule is CCCC[C@@H]1CN(S(=O)(=O)c2ccc(-c3ccno3)o2)C[C@H](C2CC2)O1. The quantitative estimate of drug-likeness (QED) is 0.733. The Hall–Kier alpha value is -1.64. The predicted molar refractivity (Wildman–Crippen MR) is 93.9 cm³/mol. The van der Waals surface area contributed by atoms with Crippen LogP contribution < -0.4 is 0 Å². The van der Waals surface area contributed by atoms with Crippen molar-refractivity contribution in [2.75, 3.05) is 13.1 Å². The van der Waals surface area contributed by atoms with E-state index < -0.39 is 10.0 Å². The van der Waals surface area contributed by atoms with E-state index in [1.165, 1.54) is 16.6 Å². The molecule has 7 nitrogen and oxygen atoms in total. The first-order chi connectivity index (χ1) is 12.6. The van der Waals surface area contributed by atoms with E-state index in [1.807, 2.05) is 0 Å². The number of hydrogen-bond acceptors (Lipinski definition) is 6. The Balaban J connectivity index is 1.55. The summed E-state index contributed by atoms with van der Waals surface area (Å²) < 4.78 is 44.5. The van der Waals surface area contributed by atoms with Gasteiger partial charge in [0.25, 0.3) is 10.0 Å². The van der Waals surface area contributed by atoms with Crippen LogP contribution in [0.15, 0.2) is 38.4 Å². The van der Waals surface area contributed by atoms with Crippen LogP contribution in [-0.2, 0) is 14.8 Å². The van der Waals surface area contributed by atoms with Gasteiger partial charge in [-0.15, -0.1) is 0 Å². The Labute approximate surface area is 153 Å². The number of unbranched alkanes of at least 4 members (excludes halogenated alkanes) is 1. The van der Waals surface area contributed by atoms with Crippen molar-refractivity contribution in [2.24, 2.45) is 5.92 Å². The van der Waals surface area contributed by atoms with Crippen molar-refractivity contribution < 1.29 is 22.1 Å². The largest absolute Gasteiger partial charge is 0.440 e. The molecular formula is C18H24N2O5S. The molecule has 2 aromatic rings. The summed E-state index contributed by atoms with van der Waals surface area (Å²) in [6.07, 6.45) is 6.66. The average molecular weight is 380 g/mol. The Morgan fingerprint density at radius 2 is 2.04 bits per heavy atom. The summed E-state index contributed by atoms with van der Waals surface area (Å²) in [5.41, 5.74) is 0. The summed E-state index contributed by atoms with van der Waals surface area (Å²) in [4.78, 5) is 0. The molecule has 1 aliphatic heterocycles. The molecule has 1 saturated heterocycles. The third kappa shape index (κ3) is 3.58. The highest BCUT2D eigenvalue weighted by atomic mass is 32.2. The minimum Gasteiger partial charge on any atom is -0.440 e. The second-order valence-corrected chi connectivity index (χ2v) is 8.96. The molecule has 0 N–H and O–H groups in total. The van der Waals surface area contributed by atoms with Crippen molar-refractivity contribution in [1.82, 2.24) is 9.46 Å². The summed E-state index contributed by atoms with van der Waals surface area (Å²) in [5, 5.41) is 3.56. The summed E-state index contributed by atoms with van der Waals surface area (Å²) in [6.45, 7) is 2.90. The molecular weight excluding hydrogens is 356 g/mol. The number of sulfonamides is 1. The van der Waals surface area contributed by atoms with E-state index in [1.54, 1.807) is 12.1 Å². The number of nitrogens with zero attached hydrogens (tertiary/aromatic N) is 2. The lowest BCUT2D eigenvalue weighted by molar-refractivity contribution is -0.0763. The van der Waals surface area contributed by atoms with E-state index in [2.05, 4.69) is 12.1 Å². The molecule has 8 heteroatoms. The van der Waals surface area contributed by atoms with Gasteiger partial charge in [-0.05, 0) is 37.3 Å². The summed E-state index contributed by atoms with van der Waals surface area (Å²) in [7, 11) is -3.70. The molecule has 142 valence electrons. The van der Waals surface area contributed by atoms with Crippen LogP contribution in [-0.4, -0.2) is 43.2 Å². The van der Waals surface area contributed by atoms with E-state index in [-0.39, 0.29) is 17.3 Å². The fraction of sp³-hybridized carbons (Fsp3) is 0.611. The van der Waals surface area contributed by atoms with Crippen LogP contribution in [0.5, 0.6) is 0 Å². The van der Waals surface area contributed by atoms with Gasteiger partial charge in [-0.1, -0.05) is 24.9 Å². The van der Waals surface area contributed by atoms with Crippen LogP contribution in [0.4, 0.5) is 0 Å².